The molecule has 2 aromatic carbocycles. The zero-order valence-corrected chi connectivity index (χ0v) is 19.4. The van der Waals surface area contributed by atoms with Crippen LogP contribution in [0, 0.1) is 6.92 Å². The van der Waals surface area contributed by atoms with E-state index in [2.05, 4.69) is 73.3 Å². The van der Waals surface area contributed by atoms with Crippen molar-refractivity contribution in [2.24, 2.45) is 0 Å². The zero-order valence-electron chi connectivity index (χ0n) is 19.4. The van der Waals surface area contributed by atoms with E-state index in [9.17, 15) is 4.79 Å². The van der Waals surface area contributed by atoms with Gasteiger partial charge in [0.05, 0.1) is 6.04 Å². The highest BCUT2D eigenvalue weighted by molar-refractivity contribution is 6.10. The highest BCUT2D eigenvalue weighted by atomic mass is 16.6. The van der Waals surface area contributed by atoms with Crippen LogP contribution in [0.15, 0.2) is 47.1 Å². The van der Waals surface area contributed by atoms with E-state index in [0.29, 0.717) is 0 Å². The van der Waals surface area contributed by atoms with Crippen molar-refractivity contribution in [3.8, 4) is 0 Å². The summed E-state index contributed by atoms with van der Waals surface area (Å²) in [6.45, 7) is 11.1. The molecule has 1 aliphatic rings. The summed E-state index contributed by atoms with van der Waals surface area (Å²) in [5.74, 6) is 0.0265. The number of fused-ring (bicyclic) bond motifs is 3. The van der Waals surface area contributed by atoms with E-state index < -0.39 is 0 Å². The molecule has 0 radical (unpaired) electrons. The SMILES string of the molecule is CCn1c2ccccc2c2cc(NC(=O)[C@@H](C)N3CCN(Cc4nonc4C)CC3)ccc21. The second-order valence-electron chi connectivity index (χ2n) is 8.77. The lowest BCUT2D eigenvalue weighted by Gasteiger charge is -2.37. The van der Waals surface area contributed by atoms with Crippen molar-refractivity contribution in [3.63, 3.8) is 0 Å². The van der Waals surface area contributed by atoms with Gasteiger partial charge in [0.1, 0.15) is 11.4 Å². The Labute approximate surface area is 193 Å². The van der Waals surface area contributed by atoms with Crippen LogP contribution in [0.25, 0.3) is 21.8 Å². The van der Waals surface area contributed by atoms with Crippen LogP contribution in [-0.2, 0) is 17.9 Å². The molecule has 0 unspecified atom stereocenters. The molecule has 1 fully saturated rings. The van der Waals surface area contributed by atoms with Gasteiger partial charge in [-0.05, 0) is 45.0 Å². The van der Waals surface area contributed by atoms with Crippen LogP contribution in [0.5, 0.6) is 0 Å². The van der Waals surface area contributed by atoms with Crippen molar-refractivity contribution in [1.82, 2.24) is 24.7 Å². The number of hydrogen-bond acceptors (Lipinski definition) is 6. The summed E-state index contributed by atoms with van der Waals surface area (Å²) in [5, 5.41) is 13.4. The van der Waals surface area contributed by atoms with Crippen LogP contribution in [0.1, 0.15) is 25.2 Å². The quantitative estimate of drug-likeness (QED) is 0.487. The second kappa shape index (κ2) is 8.96. The number of hydrogen-bond donors (Lipinski definition) is 1. The number of carbonyl (C=O) groups is 1. The summed E-state index contributed by atoms with van der Waals surface area (Å²) in [6.07, 6.45) is 0. The van der Waals surface area contributed by atoms with Gasteiger partial charge in [0.25, 0.3) is 0 Å². The van der Waals surface area contributed by atoms with Gasteiger partial charge in [-0.1, -0.05) is 28.5 Å². The molecule has 33 heavy (non-hydrogen) atoms. The largest absolute Gasteiger partial charge is 0.341 e. The monoisotopic (exact) mass is 446 g/mol. The van der Waals surface area contributed by atoms with E-state index in [1.54, 1.807) is 0 Å². The van der Waals surface area contributed by atoms with Crippen molar-refractivity contribution in [3.05, 3.63) is 53.9 Å². The lowest BCUT2D eigenvalue weighted by molar-refractivity contribution is -0.121. The summed E-state index contributed by atoms with van der Waals surface area (Å²) in [6, 6.07) is 14.4. The zero-order chi connectivity index (χ0) is 22.9. The Bertz CT molecular complexity index is 1280. The molecule has 1 atom stereocenters. The Kier molecular flexibility index (Phi) is 5.86. The smallest absolute Gasteiger partial charge is 0.241 e. The molecule has 8 nitrogen and oxygen atoms in total. The molecule has 0 saturated carbocycles. The molecule has 3 heterocycles. The molecule has 0 bridgehead atoms. The van der Waals surface area contributed by atoms with Gasteiger partial charge in [0.15, 0.2) is 0 Å². The van der Waals surface area contributed by atoms with Crippen molar-refractivity contribution in [1.29, 1.82) is 0 Å². The number of nitrogens with one attached hydrogen (secondary N) is 1. The highest BCUT2D eigenvalue weighted by Crippen LogP contribution is 2.31. The number of aromatic nitrogens is 3. The Hall–Kier alpha value is -3.23. The third-order valence-electron chi connectivity index (χ3n) is 6.81. The van der Waals surface area contributed by atoms with Gasteiger partial charge < -0.3 is 9.88 Å². The predicted octanol–water partition coefficient (Wildman–Crippen LogP) is 3.65. The van der Waals surface area contributed by atoms with E-state index in [4.69, 9.17) is 4.63 Å². The van der Waals surface area contributed by atoms with Crippen LogP contribution in [-0.4, -0.2) is 62.8 Å². The average molecular weight is 447 g/mol. The van der Waals surface area contributed by atoms with E-state index >= 15 is 0 Å². The number of aryl methyl sites for hydroxylation is 2. The minimum absolute atomic E-state index is 0.0265. The normalized spacial score (nSPS) is 16.5. The summed E-state index contributed by atoms with van der Waals surface area (Å²) in [4.78, 5) is 17.6. The van der Waals surface area contributed by atoms with Crippen molar-refractivity contribution in [2.75, 3.05) is 31.5 Å². The van der Waals surface area contributed by atoms with Gasteiger partial charge >= 0.3 is 0 Å². The average Bonchev–Trinajstić information content (AvgIpc) is 3.39. The van der Waals surface area contributed by atoms with Gasteiger partial charge in [-0.3, -0.25) is 14.6 Å². The fourth-order valence-corrected chi connectivity index (χ4v) is 4.80. The minimum Gasteiger partial charge on any atom is -0.341 e. The van der Waals surface area contributed by atoms with Crippen LogP contribution in [0.2, 0.25) is 0 Å². The number of carbonyl (C=O) groups excluding carboxylic acids is 1. The third kappa shape index (κ3) is 4.12. The topological polar surface area (TPSA) is 79.4 Å². The summed E-state index contributed by atoms with van der Waals surface area (Å²) < 4.78 is 7.12. The lowest BCUT2D eigenvalue weighted by atomic mass is 10.1. The van der Waals surface area contributed by atoms with Gasteiger partial charge in [-0.15, -0.1) is 0 Å². The first kappa shape index (κ1) is 21.6. The molecular weight excluding hydrogens is 416 g/mol. The number of nitrogens with zero attached hydrogens (tertiary/aromatic N) is 5. The third-order valence-corrected chi connectivity index (χ3v) is 6.81. The maximum atomic E-state index is 13.1. The van der Waals surface area contributed by atoms with Crippen LogP contribution < -0.4 is 5.32 Å². The van der Waals surface area contributed by atoms with Crippen LogP contribution in [0.4, 0.5) is 5.69 Å². The lowest BCUT2D eigenvalue weighted by Crippen LogP contribution is -2.52. The predicted molar refractivity (Wildman–Crippen MR) is 129 cm³/mol. The summed E-state index contributed by atoms with van der Waals surface area (Å²) >= 11 is 0. The summed E-state index contributed by atoms with van der Waals surface area (Å²) in [7, 11) is 0. The molecule has 4 aromatic rings. The number of rotatable bonds is 6. The molecule has 2 aromatic heterocycles. The molecular formula is C25H30N6O2. The molecule has 1 N–H and O–H groups in total. The minimum atomic E-state index is -0.199. The highest BCUT2D eigenvalue weighted by Gasteiger charge is 2.26. The van der Waals surface area contributed by atoms with E-state index in [1.807, 2.05) is 19.9 Å². The van der Waals surface area contributed by atoms with Crippen LogP contribution in [0.3, 0.4) is 0 Å². The first-order valence-electron chi connectivity index (χ1n) is 11.6. The fraction of sp³-hybridized carbons (Fsp3) is 0.400. The molecule has 0 aliphatic carbocycles. The van der Waals surface area contributed by atoms with E-state index in [0.717, 1.165) is 56.3 Å². The maximum Gasteiger partial charge on any atom is 0.241 e. The number of benzene rings is 2. The number of amides is 1. The molecule has 0 spiro atoms. The Balaban J connectivity index is 1.25. The molecule has 5 rings (SSSR count). The molecule has 1 aliphatic heterocycles. The first-order valence-corrected chi connectivity index (χ1v) is 11.6. The molecule has 8 heteroatoms. The van der Waals surface area contributed by atoms with Gasteiger partial charge in [0, 0.05) is 66.8 Å². The second-order valence-corrected chi connectivity index (χ2v) is 8.77. The van der Waals surface area contributed by atoms with E-state index in [-0.39, 0.29) is 11.9 Å². The molecule has 172 valence electrons. The van der Waals surface area contributed by atoms with Gasteiger partial charge in [-0.25, -0.2) is 4.63 Å². The Morgan fingerprint density at radius 3 is 2.55 bits per heavy atom. The standard InChI is InChI=1S/C25H30N6O2/c1-4-31-23-8-6-5-7-20(23)21-15-19(9-10-24(21)31)26-25(32)18(3)30-13-11-29(12-14-30)16-22-17(2)27-33-28-22/h5-10,15,18H,4,11-14,16H2,1-3H3,(H,26,32)/t18-/m1/s1. The molecule has 1 amide bonds. The van der Waals surface area contributed by atoms with Gasteiger partial charge in [-0.2, -0.15) is 0 Å². The number of anilines is 1. The van der Waals surface area contributed by atoms with Gasteiger partial charge in [0.2, 0.25) is 5.91 Å². The number of piperazine rings is 1. The maximum absolute atomic E-state index is 13.1. The number of para-hydroxylation sites is 1. The Morgan fingerprint density at radius 2 is 1.82 bits per heavy atom. The Morgan fingerprint density at radius 1 is 1.06 bits per heavy atom. The van der Waals surface area contributed by atoms with Crippen molar-refractivity contribution in [2.45, 2.75) is 39.9 Å². The fourth-order valence-electron chi connectivity index (χ4n) is 4.80. The van der Waals surface area contributed by atoms with Crippen molar-refractivity contribution >= 4 is 33.4 Å². The van der Waals surface area contributed by atoms with Crippen LogP contribution >= 0.6 is 0 Å². The summed E-state index contributed by atoms with van der Waals surface area (Å²) in [5.41, 5.74) is 4.98. The van der Waals surface area contributed by atoms with Crippen molar-refractivity contribution < 1.29 is 9.42 Å². The first-order chi connectivity index (χ1) is 16.0. The molecule has 1 saturated heterocycles. The van der Waals surface area contributed by atoms with E-state index in [1.165, 1.54) is 21.8 Å².